The van der Waals surface area contributed by atoms with Gasteiger partial charge in [0.1, 0.15) is 5.82 Å². The van der Waals surface area contributed by atoms with E-state index in [4.69, 9.17) is 11.6 Å². The van der Waals surface area contributed by atoms with E-state index >= 15 is 0 Å². The van der Waals surface area contributed by atoms with E-state index in [0.717, 1.165) is 36.6 Å². The van der Waals surface area contributed by atoms with E-state index in [-0.39, 0.29) is 5.54 Å². The first kappa shape index (κ1) is 17.0. The lowest BCUT2D eigenvalue weighted by atomic mass is 10.1. The van der Waals surface area contributed by atoms with Crippen molar-refractivity contribution in [2.45, 2.75) is 46.7 Å². The topological polar surface area (TPSA) is 28.2 Å². The van der Waals surface area contributed by atoms with E-state index in [1.54, 1.807) is 0 Å². The van der Waals surface area contributed by atoms with Crippen molar-refractivity contribution in [3.8, 4) is 0 Å². The minimum atomic E-state index is 0.0839. The van der Waals surface area contributed by atoms with Crippen molar-refractivity contribution in [2.75, 3.05) is 18.0 Å². The Bertz CT molecular complexity index is 463. The zero-order chi connectivity index (χ0) is 15.3. The van der Waals surface area contributed by atoms with Gasteiger partial charge in [0, 0.05) is 31.4 Å². The van der Waals surface area contributed by atoms with Gasteiger partial charge in [0.2, 0.25) is 0 Å². The molecular formula is C16H26ClN3. The second-order valence-electron chi connectivity index (χ2n) is 6.22. The fourth-order valence-electron chi connectivity index (χ4n) is 1.83. The van der Waals surface area contributed by atoms with Gasteiger partial charge in [-0.25, -0.2) is 4.98 Å². The first-order chi connectivity index (χ1) is 9.23. The fraction of sp³-hybridized carbons (Fsp3) is 0.562. The van der Waals surface area contributed by atoms with Gasteiger partial charge in [0.05, 0.1) is 5.02 Å². The van der Waals surface area contributed by atoms with E-state index < -0.39 is 0 Å². The summed E-state index contributed by atoms with van der Waals surface area (Å²) in [6, 6.07) is 1.99. The summed E-state index contributed by atoms with van der Waals surface area (Å²) >= 11 is 6.37. The summed E-state index contributed by atoms with van der Waals surface area (Å²) in [6.45, 7) is 16.9. The van der Waals surface area contributed by atoms with Crippen LogP contribution >= 0.6 is 11.6 Å². The van der Waals surface area contributed by atoms with Gasteiger partial charge in [0.15, 0.2) is 0 Å². The highest BCUT2D eigenvalue weighted by Gasteiger charge is 2.13. The first-order valence-corrected chi connectivity index (χ1v) is 7.39. The molecule has 0 amide bonds. The molecule has 0 fully saturated rings. The second kappa shape index (κ2) is 7.09. The molecule has 0 unspecified atom stereocenters. The molecule has 1 rings (SSSR count). The van der Waals surface area contributed by atoms with E-state index in [0.29, 0.717) is 5.02 Å². The van der Waals surface area contributed by atoms with Crippen LogP contribution in [0.5, 0.6) is 0 Å². The molecule has 1 N–H and O–H groups in total. The molecule has 4 heteroatoms. The van der Waals surface area contributed by atoms with Crippen molar-refractivity contribution in [3.05, 3.63) is 35.0 Å². The Hall–Kier alpha value is -1.06. The predicted octanol–water partition coefficient (Wildman–Crippen LogP) is 4.03. The molecule has 0 aliphatic heterocycles. The highest BCUT2D eigenvalue weighted by molar-refractivity contribution is 6.33. The minimum Gasteiger partial charge on any atom is -0.352 e. The molecule has 112 valence electrons. The van der Waals surface area contributed by atoms with Gasteiger partial charge in [-0.1, -0.05) is 23.8 Å². The molecular weight excluding hydrogens is 270 g/mol. The van der Waals surface area contributed by atoms with Crippen LogP contribution < -0.4 is 10.2 Å². The summed E-state index contributed by atoms with van der Waals surface area (Å²) in [7, 11) is 0. The van der Waals surface area contributed by atoms with Crippen LogP contribution in [0.25, 0.3) is 0 Å². The number of aromatic nitrogens is 1. The molecule has 1 aromatic rings. The van der Waals surface area contributed by atoms with Gasteiger partial charge in [-0.3, -0.25) is 0 Å². The normalized spacial score (nSPS) is 11.5. The monoisotopic (exact) mass is 295 g/mol. The largest absolute Gasteiger partial charge is 0.352 e. The Balaban J connectivity index is 2.84. The minimum absolute atomic E-state index is 0.0839. The Morgan fingerprint density at radius 2 is 2.10 bits per heavy atom. The van der Waals surface area contributed by atoms with E-state index in [9.17, 15) is 0 Å². The molecule has 0 radical (unpaired) electrons. The molecule has 0 spiro atoms. The average molecular weight is 296 g/mol. The Morgan fingerprint density at radius 3 is 2.55 bits per heavy atom. The molecule has 3 nitrogen and oxygen atoms in total. The Kier molecular flexibility index (Phi) is 6.03. The second-order valence-corrected chi connectivity index (χ2v) is 6.63. The molecule has 0 bridgehead atoms. The third kappa shape index (κ3) is 5.51. The summed E-state index contributed by atoms with van der Waals surface area (Å²) in [6.07, 6.45) is 1.89. The van der Waals surface area contributed by atoms with Gasteiger partial charge >= 0.3 is 0 Å². The Labute approximate surface area is 128 Å². The summed E-state index contributed by atoms with van der Waals surface area (Å²) in [5.41, 5.74) is 2.28. The van der Waals surface area contributed by atoms with Crippen molar-refractivity contribution < 1.29 is 0 Å². The van der Waals surface area contributed by atoms with Gasteiger partial charge in [-0.05, 0) is 46.2 Å². The van der Waals surface area contributed by atoms with E-state index in [1.165, 1.54) is 0 Å². The summed E-state index contributed by atoms with van der Waals surface area (Å²) in [4.78, 5) is 6.65. The van der Waals surface area contributed by atoms with Gasteiger partial charge in [-0.15, -0.1) is 0 Å². The molecule has 20 heavy (non-hydrogen) atoms. The molecule has 0 atom stereocenters. The molecule has 1 aromatic heterocycles. The van der Waals surface area contributed by atoms with Crippen LogP contribution in [-0.2, 0) is 6.54 Å². The first-order valence-electron chi connectivity index (χ1n) is 7.01. The lowest BCUT2D eigenvalue weighted by molar-refractivity contribution is 0.424. The van der Waals surface area contributed by atoms with Crippen molar-refractivity contribution >= 4 is 17.4 Å². The van der Waals surface area contributed by atoms with Crippen LogP contribution in [0.4, 0.5) is 5.82 Å². The number of nitrogens with one attached hydrogen (secondary N) is 1. The van der Waals surface area contributed by atoms with Crippen LogP contribution in [0.2, 0.25) is 5.02 Å². The summed E-state index contributed by atoms with van der Waals surface area (Å²) < 4.78 is 0. The van der Waals surface area contributed by atoms with Gasteiger partial charge < -0.3 is 10.2 Å². The number of nitrogens with zero attached hydrogens (tertiary/aromatic N) is 2. The lowest BCUT2D eigenvalue weighted by Gasteiger charge is -2.24. The molecule has 1 heterocycles. The van der Waals surface area contributed by atoms with Crippen LogP contribution in [-0.4, -0.2) is 23.6 Å². The number of rotatable bonds is 6. The smallest absolute Gasteiger partial charge is 0.147 e. The quantitative estimate of drug-likeness (QED) is 0.803. The van der Waals surface area contributed by atoms with Crippen LogP contribution in [0.1, 0.15) is 40.2 Å². The zero-order valence-electron chi connectivity index (χ0n) is 13.3. The number of likely N-dealkylation sites (N-methyl/N-ethyl adjacent to an activating group) is 1. The number of pyridine rings is 1. The fourth-order valence-corrected chi connectivity index (χ4v) is 2.14. The predicted molar refractivity (Wildman–Crippen MR) is 88.5 cm³/mol. The maximum atomic E-state index is 6.37. The zero-order valence-corrected chi connectivity index (χ0v) is 14.0. The van der Waals surface area contributed by atoms with Crippen molar-refractivity contribution in [2.24, 2.45) is 0 Å². The molecule has 0 saturated heterocycles. The van der Waals surface area contributed by atoms with Crippen molar-refractivity contribution in [1.29, 1.82) is 0 Å². The SMILES string of the molecule is C=C(C)CN(CC)c1ncc(CNC(C)(C)C)cc1Cl. The maximum Gasteiger partial charge on any atom is 0.147 e. The average Bonchev–Trinajstić information content (AvgIpc) is 2.33. The maximum absolute atomic E-state index is 6.37. The van der Waals surface area contributed by atoms with E-state index in [1.807, 2.05) is 19.2 Å². The highest BCUT2D eigenvalue weighted by atomic mass is 35.5. The number of hydrogen-bond acceptors (Lipinski definition) is 3. The summed E-state index contributed by atoms with van der Waals surface area (Å²) in [5.74, 6) is 0.830. The van der Waals surface area contributed by atoms with E-state index in [2.05, 4.69) is 49.5 Å². The summed E-state index contributed by atoms with van der Waals surface area (Å²) in [5, 5.41) is 4.13. The standard InChI is InChI=1S/C16H26ClN3/c1-7-20(11-12(2)3)15-14(17)8-13(9-18-15)10-19-16(4,5)6/h8-9,19H,2,7,10-11H2,1,3-6H3. The third-order valence-electron chi connectivity index (χ3n) is 2.84. The van der Waals surface area contributed by atoms with Crippen molar-refractivity contribution in [3.63, 3.8) is 0 Å². The van der Waals surface area contributed by atoms with Crippen LogP contribution in [0.3, 0.4) is 0 Å². The van der Waals surface area contributed by atoms with Crippen LogP contribution in [0.15, 0.2) is 24.4 Å². The molecule has 0 aliphatic carbocycles. The highest BCUT2D eigenvalue weighted by Crippen LogP contribution is 2.24. The molecule has 0 aromatic carbocycles. The van der Waals surface area contributed by atoms with Crippen molar-refractivity contribution in [1.82, 2.24) is 10.3 Å². The van der Waals surface area contributed by atoms with Gasteiger partial charge in [0.25, 0.3) is 0 Å². The van der Waals surface area contributed by atoms with Crippen LogP contribution in [0, 0.1) is 0 Å². The lowest BCUT2D eigenvalue weighted by Crippen LogP contribution is -2.35. The third-order valence-corrected chi connectivity index (χ3v) is 3.12. The number of halogens is 1. The molecule has 0 saturated carbocycles. The Morgan fingerprint density at radius 1 is 1.45 bits per heavy atom. The number of anilines is 1. The molecule has 0 aliphatic rings. The number of hydrogen-bond donors (Lipinski definition) is 1. The van der Waals surface area contributed by atoms with Gasteiger partial charge in [-0.2, -0.15) is 0 Å².